The Kier molecular flexibility index (Phi) is 5.86. The number of imide groups is 1. The highest BCUT2D eigenvalue weighted by molar-refractivity contribution is 8.04. The van der Waals surface area contributed by atoms with Crippen LogP contribution in [0, 0.1) is 0 Å². The van der Waals surface area contributed by atoms with E-state index in [9.17, 15) is 9.59 Å². The minimum absolute atomic E-state index is 0.248. The van der Waals surface area contributed by atoms with Gasteiger partial charge in [0, 0.05) is 21.5 Å². The molecule has 7 heteroatoms. The van der Waals surface area contributed by atoms with Crippen molar-refractivity contribution in [3.05, 3.63) is 93.3 Å². The van der Waals surface area contributed by atoms with E-state index in [1.807, 2.05) is 30.3 Å². The number of methoxy groups -OCH3 is 1. The smallest absolute Gasteiger partial charge is 0.272 e. The molecule has 1 aliphatic rings. The summed E-state index contributed by atoms with van der Waals surface area (Å²) in [6, 6.07) is 21.1. The first kappa shape index (κ1) is 20.5. The number of carbonyl (C=O) groups is 2. The fourth-order valence-electron chi connectivity index (χ4n) is 3.12. The van der Waals surface area contributed by atoms with E-state index in [0.717, 1.165) is 9.80 Å². The second kappa shape index (κ2) is 8.56. The first-order valence-electron chi connectivity index (χ1n) is 8.95. The van der Waals surface area contributed by atoms with Crippen LogP contribution in [0.4, 0.5) is 5.69 Å². The van der Waals surface area contributed by atoms with Gasteiger partial charge in [-0.05, 0) is 36.4 Å². The third-order valence-electron chi connectivity index (χ3n) is 4.52. The van der Waals surface area contributed by atoms with Crippen LogP contribution < -0.4 is 9.64 Å². The van der Waals surface area contributed by atoms with Gasteiger partial charge < -0.3 is 4.74 Å². The first-order chi connectivity index (χ1) is 14.5. The molecule has 0 aliphatic carbocycles. The van der Waals surface area contributed by atoms with Gasteiger partial charge in [0.25, 0.3) is 11.8 Å². The van der Waals surface area contributed by atoms with E-state index in [2.05, 4.69) is 0 Å². The van der Waals surface area contributed by atoms with Crippen LogP contribution in [0.3, 0.4) is 0 Å². The van der Waals surface area contributed by atoms with Gasteiger partial charge in [0.2, 0.25) is 0 Å². The summed E-state index contributed by atoms with van der Waals surface area (Å²) in [5.74, 6) is -0.317. The number of carbonyl (C=O) groups excluding carboxylic acids is 2. The minimum Gasteiger partial charge on any atom is -0.497 e. The molecule has 150 valence electrons. The van der Waals surface area contributed by atoms with Gasteiger partial charge >= 0.3 is 0 Å². The maximum atomic E-state index is 13.5. The minimum atomic E-state index is -0.448. The Hall–Kier alpha value is -2.73. The average Bonchev–Trinajstić information content (AvgIpc) is 2.98. The molecule has 30 heavy (non-hydrogen) atoms. The van der Waals surface area contributed by atoms with E-state index < -0.39 is 11.8 Å². The number of hydrogen-bond donors (Lipinski definition) is 0. The summed E-state index contributed by atoms with van der Waals surface area (Å²) in [5.41, 5.74) is 1.14. The van der Waals surface area contributed by atoms with Crippen LogP contribution in [0.1, 0.15) is 5.56 Å². The molecule has 0 fully saturated rings. The van der Waals surface area contributed by atoms with Crippen molar-refractivity contribution in [2.45, 2.75) is 4.90 Å². The third-order valence-corrected chi connectivity index (χ3v) is 6.16. The monoisotopic (exact) mass is 455 g/mol. The molecule has 0 saturated carbocycles. The van der Waals surface area contributed by atoms with Crippen LogP contribution in [0.25, 0.3) is 5.57 Å². The first-order valence-corrected chi connectivity index (χ1v) is 10.5. The van der Waals surface area contributed by atoms with Gasteiger partial charge in [0.15, 0.2) is 0 Å². The summed E-state index contributed by atoms with van der Waals surface area (Å²) >= 11 is 13.7. The zero-order chi connectivity index (χ0) is 21.3. The van der Waals surface area contributed by atoms with Crippen LogP contribution >= 0.6 is 35.0 Å². The molecule has 0 radical (unpaired) electrons. The topological polar surface area (TPSA) is 46.6 Å². The van der Waals surface area contributed by atoms with Gasteiger partial charge in [-0.25, -0.2) is 4.90 Å². The highest BCUT2D eigenvalue weighted by atomic mass is 35.5. The number of anilines is 1. The SMILES string of the molecule is COc1cccc(N2C(=O)C(Sc3ccccc3)=C(c3ccc(Cl)cc3Cl)C2=O)c1. The Morgan fingerprint density at radius 2 is 1.63 bits per heavy atom. The van der Waals surface area contributed by atoms with Gasteiger partial charge in [-0.15, -0.1) is 0 Å². The molecule has 3 aromatic rings. The average molecular weight is 456 g/mol. The lowest BCUT2D eigenvalue weighted by Crippen LogP contribution is -2.31. The second-order valence-corrected chi connectivity index (χ2v) is 8.32. The predicted octanol–water partition coefficient (Wildman–Crippen LogP) is 6.08. The summed E-state index contributed by atoms with van der Waals surface area (Å²) in [4.78, 5) is 29.1. The fourth-order valence-corrected chi connectivity index (χ4v) is 4.63. The summed E-state index contributed by atoms with van der Waals surface area (Å²) < 4.78 is 5.25. The number of benzene rings is 3. The van der Waals surface area contributed by atoms with Crippen molar-refractivity contribution >= 4 is 58.0 Å². The van der Waals surface area contributed by atoms with Crippen molar-refractivity contribution in [1.82, 2.24) is 0 Å². The normalized spacial score (nSPS) is 13.9. The Labute approximate surface area is 188 Å². The second-order valence-electron chi connectivity index (χ2n) is 6.39. The van der Waals surface area contributed by atoms with Gasteiger partial charge in [-0.1, -0.05) is 65.3 Å². The molecule has 0 N–H and O–H groups in total. The number of halogens is 2. The van der Waals surface area contributed by atoms with E-state index in [1.54, 1.807) is 42.5 Å². The number of nitrogens with zero attached hydrogens (tertiary/aromatic N) is 1. The Morgan fingerprint density at radius 1 is 0.867 bits per heavy atom. The molecule has 4 rings (SSSR count). The predicted molar refractivity (Wildman–Crippen MR) is 121 cm³/mol. The maximum absolute atomic E-state index is 13.5. The zero-order valence-electron chi connectivity index (χ0n) is 15.8. The molecule has 0 aromatic heterocycles. The van der Waals surface area contributed by atoms with Crippen molar-refractivity contribution < 1.29 is 14.3 Å². The van der Waals surface area contributed by atoms with Crippen LogP contribution in [-0.2, 0) is 9.59 Å². The molecular formula is C23H15Cl2NO3S. The molecule has 0 saturated heterocycles. The molecule has 0 spiro atoms. The fraction of sp³-hybridized carbons (Fsp3) is 0.0435. The summed E-state index contributed by atoms with van der Waals surface area (Å²) in [5, 5.41) is 0.750. The van der Waals surface area contributed by atoms with E-state index in [1.165, 1.54) is 18.9 Å². The highest BCUT2D eigenvalue weighted by Crippen LogP contribution is 2.43. The van der Waals surface area contributed by atoms with Crippen LogP contribution in [0.5, 0.6) is 5.75 Å². The maximum Gasteiger partial charge on any atom is 0.272 e. The summed E-state index contributed by atoms with van der Waals surface area (Å²) in [6.07, 6.45) is 0. The van der Waals surface area contributed by atoms with Crippen LogP contribution in [0.2, 0.25) is 10.0 Å². The van der Waals surface area contributed by atoms with E-state index in [4.69, 9.17) is 27.9 Å². The van der Waals surface area contributed by atoms with Crippen molar-refractivity contribution in [3.63, 3.8) is 0 Å². The summed E-state index contributed by atoms with van der Waals surface area (Å²) in [6.45, 7) is 0. The number of amides is 2. The third kappa shape index (κ3) is 3.84. The van der Waals surface area contributed by atoms with Crippen molar-refractivity contribution in [2.24, 2.45) is 0 Å². The number of hydrogen-bond acceptors (Lipinski definition) is 4. The Morgan fingerprint density at radius 3 is 2.33 bits per heavy atom. The molecule has 0 bridgehead atoms. The Bertz CT molecular complexity index is 1180. The molecule has 3 aromatic carbocycles. The number of ether oxygens (including phenoxy) is 1. The van der Waals surface area contributed by atoms with Crippen molar-refractivity contribution in [2.75, 3.05) is 12.0 Å². The molecule has 0 atom stereocenters. The van der Waals surface area contributed by atoms with E-state index in [0.29, 0.717) is 32.0 Å². The van der Waals surface area contributed by atoms with Crippen LogP contribution in [0.15, 0.2) is 82.6 Å². The van der Waals surface area contributed by atoms with Crippen molar-refractivity contribution in [3.8, 4) is 5.75 Å². The van der Waals surface area contributed by atoms with Gasteiger partial charge in [0.1, 0.15) is 5.75 Å². The lowest BCUT2D eigenvalue weighted by molar-refractivity contribution is -0.119. The van der Waals surface area contributed by atoms with E-state index >= 15 is 0 Å². The standard InChI is InChI=1S/C23H15Cl2NO3S/c1-29-16-7-5-6-15(13-16)26-22(27)20(18-11-10-14(24)12-19(18)25)21(23(26)28)30-17-8-3-2-4-9-17/h2-13H,1H3. The van der Waals surface area contributed by atoms with Gasteiger partial charge in [-0.2, -0.15) is 0 Å². The van der Waals surface area contributed by atoms with Gasteiger partial charge in [-0.3, -0.25) is 9.59 Å². The highest BCUT2D eigenvalue weighted by Gasteiger charge is 2.41. The molecular weight excluding hydrogens is 441 g/mol. The molecule has 2 amide bonds. The number of rotatable bonds is 5. The quantitative estimate of drug-likeness (QED) is 0.437. The van der Waals surface area contributed by atoms with Crippen LogP contribution in [-0.4, -0.2) is 18.9 Å². The molecule has 4 nitrogen and oxygen atoms in total. The van der Waals surface area contributed by atoms with Gasteiger partial charge in [0.05, 0.1) is 28.3 Å². The summed E-state index contributed by atoms with van der Waals surface area (Å²) in [7, 11) is 1.53. The largest absolute Gasteiger partial charge is 0.497 e. The van der Waals surface area contributed by atoms with Crippen molar-refractivity contribution in [1.29, 1.82) is 0 Å². The molecule has 0 unspecified atom stereocenters. The zero-order valence-corrected chi connectivity index (χ0v) is 18.1. The van der Waals surface area contributed by atoms with E-state index in [-0.39, 0.29) is 5.57 Å². The molecule has 1 aliphatic heterocycles. The Balaban J connectivity index is 1.85. The molecule has 1 heterocycles. The lowest BCUT2D eigenvalue weighted by Gasteiger charge is -2.16. The number of thioether (sulfide) groups is 1. The lowest BCUT2D eigenvalue weighted by atomic mass is 10.1.